The molecule has 2 aromatic rings. The second-order valence-electron chi connectivity index (χ2n) is 4.64. The molecule has 2 aromatic carbocycles. The van der Waals surface area contributed by atoms with E-state index in [2.05, 4.69) is 17.2 Å². The Morgan fingerprint density at radius 2 is 1.71 bits per heavy atom. The molecule has 0 aliphatic carbocycles. The minimum atomic E-state index is -0.941. The molecule has 1 N–H and O–H groups in total. The lowest BCUT2D eigenvalue weighted by atomic mass is 10.1. The van der Waals surface area contributed by atoms with Crippen molar-refractivity contribution in [2.75, 3.05) is 11.4 Å². The van der Waals surface area contributed by atoms with Crippen molar-refractivity contribution in [3.63, 3.8) is 0 Å². The van der Waals surface area contributed by atoms with Gasteiger partial charge in [0.25, 0.3) is 8.45 Å². The van der Waals surface area contributed by atoms with E-state index in [4.69, 9.17) is 9.63 Å². The van der Waals surface area contributed by atoms with E-state index in [9.17, 15) is 0 Å². The van der Waals surface area contributed by atoms with Gasteiger partial charge in [-0.3, -0.25) is 0 Å². The van der Waals surface area contributed by atoms with E-state index in [1.54, 1.807) is 0 Å². The summed E-state index contributed by atoms with van der Waals surface area (Å²) in [6, 6.07) is 20.5. The smallest absolute Gasteiger partial charge is 0.268 e. The Balaban J connectivity index is 1.80. The maximum atomic E-state index is 5.80. The fourth-order valence-corrected chi connectivity index (χ4v) is 3.52. The molecular formula is C16H18N3OP. The number of hydrazone groups is 1. The van der Waals surface area contributed by atoms with E-state index in [1.807, 2.05) is 60.2 Å². The molecule has 0 bridgehead atoms. The highest BCUT2D eigenvalue weighted by atomic mass is 31.2. The Morgan fingerprint density at radius 3 is 2.38 bits per heavy atom. The van der Waals surface area contributed by atoms with Crippen LogP contribution in [0.1, 0.15) is 12.5 Å². The van der Waals surface area contributed by atoms with Crippen molar-refractivity contribution in [1.82, 2.24) is 5.09 Å². The van der Waals surface area contributed by atoms with Gasteiger partial charge in [-0.05, 0) is 24.6 Å². The molecule has 0 spiro atoms. The third kappa shape index (κ3) is 3.41. The first-order valence-corrected chi connectivity index (χ1v) is 8.24. The van der Waals surface area contributed by atoms with Crippen LogP contribution in [0.5, 0.6) is 0 Å². The van der Waals surface area contributed by atoms with Crippen LogP contribution in [-0.4, -0.2) is 12.4 Å². The molecule has 0 fully saturated rings. The number of hydrogen-bond donors (Lipinski definition) is 1. The molecule has 0 saturated carbocycles. The van der Waals surface area contributed by atoms with E-state index in [0.717, 1.165) is 17.9 Å². The van der Waals surface area contributed by atoms with E-state index in [1.165, 1.54) is 5.56 Å². The third-order valence-electron chi connectivity index (χ3n) is 3.07. The molecular weight excluding hydrogens is 281 g/mol. The maximum Gasteiger partial charge on any atom is 0.268 e. The van der Waals surface area contributed by atoms with Crippen molar-refractivity contribution >= 4 is 20.0 Å². The molecule has 108 valence electrons. The summed E-state index contributed by atoms with van der Waals surface area (Å²) in [6.45, 7) is 2.67. The summed E-state index contributed by atoms with van der Waals surface area (Å²) in [5, 5.41) is 8.10. The number of amidine groups is 1. The van der Waals surface area contributed by atoms with Crippen LogP contribution in [0.2, 0.25) is 0 Å². The Kier molecular flexibility index (Phi) is 4.49. The summed E-state index contributed by atoms with van der Waals surface area (Å²) in [7, 11) is -0.941. The molecule has 5 heteroatoms. The number of hydrogen-bond acceptors (Lipinski definition) is 4. The monoisotopic (exact) mass is 299 g/mol. The average Bonchev–Trinajstić information content (AvgIpc) is 2.92. The SMILES string of the molecule is CCOP1NC(Cc2ccccc2)=NN1c1ccccc1. The van der Waals surface area contributed by atoms with Crippen molar-refractivity contribution in [1.29, 1.82) is 0 Å². The predicted octanol–water partition coefficient (Wildman–Crippen LogP) is 3.92. The minimum absolute atomic E-state index is 0.663. The predicted molar refractivity (Wildman–Crippen MR) is 88.2 cm³/mol. The highest BCUT2D eigenvalue weighted by molar-refractivity contribution is 7.53. The molecule has 0 saturated heterocycles. The summed E-state index contributed by atoms with van der Waals surface area (Å²) < 4.78 is 7.76. The Bertz CT molecular complexity index is 603. The summed E-state index contributed by atoms with van der Waals surface area (Å²) in [6.07, 6.45) is 0.788. The molecule has 4 nitrogen and oxygen atoms in total. The fourth-order valence-electron chi connectivity index (χ4n) is 2.13. The van der Waals surface area contributed by atoms with Gasteiger partial charge in [0.05, 0.1) is 12.3 Å². The van der Waals surface area contributed by atoms with Crippen molar-refractivity contribution in [2.45, 2.75) is 13.3 Å². The van der Waals surface area contributed by atoms with Crippen LogP contribution in [0, 0.1) is 0 Å². The van der Waals surface area contributed by atoms with Gasteiger partial charge in [-0.25, -0.2) is 0 Å². The summed E-state index contributed by atoms with van der Waals surface area (Å²) in [4.78, 5) is 0. The van der Waals surface area contributed by atoms with Crippen molar-refractivity contribution < 1.29 is 4.52 Å². The maximum absolute atomic E-state index is 5.80. The zero-order valence-corrected chi connectivity index (χ0v) is 12.8. The average molecular weight is 299 g/mol. The highest BCUT2D eigenvalue weighted by Gasteiger charge is 2.28. The van der Waals surface area contributed by atoms with Gasteiger partial charge in [0.15, 0.2) is 0 Å². The van der Waals surface area contributed by atoms with Crippen molar-refractivity contribution in [3.05, 3.63) is 66.2 Å². The lowest BCUT2D eigenvalue weighted by Gasteiger charge is -2.20. The van der Waals surface area contributed by atoms with Crippen LogP contribution in [-0.2, 0) is 10.9 Å². The van der Waals surface area contributed by atoms with Gasteiger partial charge in [-0.15, -0.1) is 0 Å². The molecule has 1 atom stereocenters. The van der Waals surface area contributed by atoms with Crippen LogP contribution in [0.3, 0.4) is 0 Å². The topological polar surface area (TPSA) is 36.9 Å². The van der Waals surface area contributed by atoms with Crippen LogP contribution < -0.4 is 9.87 Å². The Hall–Kier alpha value is -1.90. The molecule has 1 aliphatic heterocycles. The van der Waals surface area contributed by atoms with Gasteiger partial charge in [0, 0.05) is 6.42 Å². The van der Waals surface area contributed by atoms with Gasteiger partial charge >= 0.3 is 0 Å². The molecule has 1 unspecified atom stereocenters. The standard InChI is InChI=1S/C16H18N3OP/c1-2-20-21-18-16(13-14-9-5-3-6-10-14)17-19(21)15-11-7-4-8-12-15/h3-12H,2,13H2,1H3,(H,17,18). The molecule has 21 heavy (non-hydrogen) atoms. The number of nitrogens with one attached hydrogen (secondary N) is 1. The second kappa shape index (κ2) is 6.70. The van der Waals surface area contributed by atoms with E-state index in [0.29, 0.717) is 6.61 Å². The number of benzene rings is 2. The van der Waals surface area contributed by atoms with E-state index >= 15 is 0 Å². The number of anilines is 1. The molecule has 0 radical (unpaired) electrons. The van der Waals surface area contributed by atoms with Gasteiger partial charge in [0.2, 0.25) is 0 Å². The summed E-state index contributed by atoms with van der Waals surface area (Å²) in [5.74, 6) is 0.949. The van der Waals surface area contributed by atoms with Gasteiger partial charge < -0.3 is 9.61 Å². The summed E-state index contributed by atoms with van der Waals surface area (Å²) >= 11 is 0. The highest BCUT2D eigenvalue weighted by Crippen LogP contribution is 2.44. The van der Waals surface area contributed by atoms with Gasteiger partial charge in [-0.2, -0.15) is 9.88 Å². The first kappa shape index (κ1) is 14.1. The lowest BCUT2D eigenvalue weighted by Crippen LogP contribution is -2.17. The fraction of sp³-hybridized carbons (Fsp3) is 0.188. The molecule has 0 aromatic heterocycles. The van der Waals surface area contributed by atoms with E-state index < -0.39 is 8.45 Å². The molecule has 0 amide bonds. The largest absolute Gasteiger partial charge is 0.322 e. The minimum Gasteiger partial charge on any atom is -0.322 e. The molecule has 1 heterocycles. The zero-order valence-electron chi connectivity index (χ0n) is 11.9. The summed E-state index contributed by atoms with van der Waals surface area (Å²) in [5.41, 5.74) is 2.29. The van der Waals surface area contributed by atoms with Crippen LogP contribution in [0.15, 0.2) is 65.8 Å². The second-order valence-corrected chi connectivity index (χ2v) is 6.04. The first-order chi connectivity index (χ1) is 10.4. The number of nitrogens with zero attached hydrogens (tertiary/aromatic N) is 2. The Labute approximate surface area is 126 Å². The number of para-hydroxylation sites is 1. The quantitative estimate of drug-likeness (QED) is 0.850. The van der Waals surface area contributed by atoms with Crippen LogP contribution in [0.25, 0.3) is 0 Å². The van der Waals surface area contributed by atoms with Crippen molar-refractivity contribution in [2.24, 2.45) is 5.10 Å². The number of rotatable bonds is 5. The Morgan fingerprint density at radius 1 is 1.05 bits per heavy atom. The van der Waals surface area contributed by atoms with Gasteiger partial charge in [0.1, 0.15) is 5.84 Å². The van der Waals surface area contributed by atoms with Gasteiger partial charge in [-0.1, -0.05) is 48.5 Å². The lowest BCUT2D eigenvalue weighted by molar-refractivity contribution is 0.375. The first-order valence-electron chi connectivity index (χ1n) is 7.03. The molecule has 1 aliphatic rings. The zero-order chi connectivity index (χ0) is 14.5. The molecule has 3 rings (SSSR count). The third-order valence-corrected chi connectivity index (χ3v) is 4.68. The van der Waals surface area contributed by atoms with E-state index in [-0.39, 0.29) is 0 Å². The normalized spacial score (nSPS) is 17.5. The van der Waals surface area contributed by atoms with Crippen LogP contribution in [0.4, 0.5) is 5.69 Å². The van der Waals surface area contributed by atoms with Crippen molar-refractivity contribution in [3.8, 4) is 0 Å². The van der Waals surface area contributed by atoms with Crippen LogP contribution >= 0.6 is 8.45 Å².